The molecule has 2 atom stereocenters. The number of rotatable bonds is 7. The Balaban J connectivity index is 0.00000280. The van der Waals surface area contributed by atoms with Gasteiger partial charge >= 0.3 is 5.97 Å². The van der Waals surface area contributed by atoms with E-state index in [1.807, 2.05) is 25.1 Å². The van der Waals surface area contributed by atoms with Crippen LogP contribution in [0.4, 0.5) is 0 Å². The van der Waals surface area contributed by atoms with E-state index in [0.29, 0.717) is 42.5 Å². The highest BCUT2D eigenvalue weighted by Gasteiger charge is 2.36. The number of ether oxygens (including phenoxy) is 3. The number of benzene rings is 1. The van der Waals surface area contributed by atoms with Crippen LogP contribution >= 0.6 is 12.4 Å². The van der Waals surface area contributed by atoms with Crippen molar-refractivity contribution in [3.8, 4) is 17.4 Å². The summed E-state index contributed by atoms with van der Waals surface area (Å²) >= 11 is 0. The summed E-state index contributed by atoms with van der Waals surface area (Å²) in [7, 11) is 3.32. The molecule has 1 fully saturated rings. The van der Waals surface area contributed by atoms with Crippen LogP contribution in [0, 0.1) is 0 Å². The molecule has 8 heteroatoms. The second-order valence-corrected chi connectivity index (χ2v) is 6.46. The summed E-state index contributed by atoms with van der Waals surface area (Å²) in [5.74, 6) is 0.431. The number of carboxylic acid groups (broad SMARTS) is 1. The summed E-state index contributed by atoms with van der Waals surface area (Å²) in [5.41, 5.74) is 1.63. The predicted octanol–water partition coefficient (Wildman–Crippen LogP) is 3.24. The molecule has 2 aromatic rings. The minimum absolute atomic E-state index is 0. The van der Waals surface area contributed by atoms with Gasteiger partial charge < -0.3 is 19.3 Å². The number of aromatic nitrogens is 1. The molecule has 28 heavy (non-hydrogen) atoms. The highest BCUT2D eigenvalue weighted by Crippen LogP contribution is 2.43. The van der Waals surface area contributed by atoms with Gasteiger partial charge in [-0.25, -0.2) is 4.98 Å². The van der Waals surface area contributed by atoms with Crippen LogP contribution in [0.3, 0.4) is 0 Å². The smallest absolute Gasteiger partial charge is 0.321 e. The van der Waals surface area contributed by atoms with Gasteiger partial charge in [-0.2, -0.15) is 0 Å². The molecule has 1 aliphatic rings. The zero-order valence-electron chi connectivity index (χ0n) is 16.2. The minimum atomic E-state index is -0.848. The van der Waals surface area contributed by atoms with Gasteiger partial charge in [-0.3, -0.25) is 9.69 Å². The predicted molar refractivity (Wildman–Crippen MR) is 110 cm³/mol. The Morgan fingerprint density at radius 1 is 1.43 bits per heavy atom. The molecule has 1 aromatic carbocycles. The Hall–Kier alpha value is -2.51. The van der Waals surface area contributed by atoms with Crippen LogP contribution < -0.4 is 14.2 Å². The van der Waals surface area contributed by atoms with Gasteiger partial charge in [-0.15, -0.1) is 12.4 Å². The fourth-order valence-corrected chi connectivity index (χ4v) is 3.36. The van der Waals surface area contributed by atoms with Crippen LogP contribution in [0.2, 0.25) is 0 Å². The third-order valence-corrected chi connectivity index (χ3v) is 4.69. The molecule has 0 saturated carbocycles. The fourth-order valence-electron chi connectivity index (χ4n) is 3.36. The van der Waals surface area contributed by atoms with E-state index in [-0.39, 0.29) is 18.5 Å². The van der Waals surface area contributed by atoms with Crippen LogP contribution in [-0.2, 0) is 4.79 Å². The first-order valence-electron chi connectivity index (χ1n) is 8.85. The Labute approximate surface area is 170 Å². The van der Waals surface area contributed by atoms with Gasteiger partial charge in [0, 0.05) is 18.4 Å². The van der Waals surface area contributed by atoms with Gasteiger partial charge in [0.25, 0.3) is 5.88 Å². The van der Waals surface area contributed by atoms with Crippen molar-refractivity contribution in [3.05, 3.63) is 30.3 Å². The van der Waals surface area contributed by atoms with E-state index in [0.717, 1.165) is 10.9 Å². The minimum Gasteiger partial charge on any atom is -0.489 e. The average Bonchev–Trinajstić information content (AvgIpc) is 3.02. The maximum absolute atomic E-state index is 11.4. The summed E-state index contributed by atoms with van der Waals surface area (Å²) in [4.78, 5) is 17.7. The number of likely N-dealkylation sites (tertiary alicyclic amines) is 1. The van der Waals surface area contributed by atoms with Gasteiger partial charge in [-0.05, 0) is 31.7 Å². The average molecular weight is 409 g/mol. The third kappa shape index (κ3) is 4.15. The number of carboxylic acids is 1. The first-order chi connectivity index (χ1) is 13.0. The number of pyridine rings is 1. The van der Waals surface area contributed by atoms with Crippen molar-refractivity contribution in [2.75, 3.05) is 27.3 Å². The van der Waals surface area contributed by atoms with Crippen LogP contribution in [0.1, 0.15) is 18.9 Å². The number of nitrogens with zero attached hydrogens (tertiary/aromatic N) is 2. The van der Waals surface area contributed by atoms with Crippen LogP contribution in [0.25, 0.3) is 17.0 Å². The number of aliphatic carboxylic acids is 1. The second kappa shape index (κ2) is 9.12. The number of hydrogen-bond acceptors (Lipinski definition) is 6. The quantitative estimate of drug-likeness (QED) is 0.753. The van der Waals surface area contributed by atoms with Crippen molar-refractivity contribution < 1.29 is 24.1 Å². The third-order valence-electron chi connectivity index (χ3n) is 4.69. The Morgan fingerprint density at radius 2 is 2.18 bits per heavy atom. The number of likely N-dealkylation sites (N-methyl/N-ethyl adjacent to an activating group) is 1. The summed E-state index contributed by atoms with van der Waals surface area (Å²) < 4.78 is 17.5. The van der Waals surface area contributed by atoms with E-state index < -0.39 is 12.0 Å². The van der Waals surface area contributed by atoms with Crippen molar-refractivity contribution in [2.24, 2.45) is 0 Å². The molecule has 1 saturated heterocycles. The maximum Gasteiger partial charge on any atom is 0.321 e. The maximum atomic E-state index is 11.4. The van der Waals surface area contributed by atoms with Gasteiger partial charge in [0.05, 0.1) is 19.2 Å². The molecular formula is C20H25ClN2O5. The summed E-state index contributed by atoms with van der Waals surface area (Å²) in [5, 5.41) is 10.1. The van der Waals surface area contributed by atoms with Crippen molar-refractivity contribution in [1.82, 2.24) is 9.88 Å². The lowest BCUT2D eigenvalue weighted by atomic mass is 10.1. The van der Waals surface area contributed by atoms with E-state index in [9.17, 15) is 9.90 Å². The van der Waals surface area contributed by atoms with Crippen molar-refractivity contribution in [2.45, 2.75) is 25.5 Å². The zero-order valence-corrected chi connectivity index (χ0v) is 17.0. The van der Waals surface area contributed by atoms with Gasteiger partial charge in [-0.1, -0.05) is 18.7 Å². The second-order valence-electron chi connectivity index (χ2n) is 6.46. The number of carbonyl (C=O) groups is 1. The van der Waals surface area contributed by atoms with E-state index >= 15 is 0 Å². The standard InChI is InChI=1S/C20H24N2O5.ClH/c1-5-12-7-8-15-14(9-12)17(18(25-4)19(21-15)26-6-2)27-13-10-16(20(23)24)22(3)11-13;/h5,7-9,13,16H,1,6,10-11H2,2-4H3,(H,23,24);1H/t13-,16+;/m1./s1. The van der Waals surface area contributed by atoms with Gasteiger partial charge in [0.15, 0.2) is 5.75 Å². The van der Waals surface area contributed by atoms with Crippen LogP contribution in [-0.4, -0.2) is 60.4 Å². The lowest BCUT2D eigenvalue weighted by Gasteiger charge is -2.20. The molecule has 0 spiro atoms. The largest absolute Gasteiger partial charge is 0.489 e. The summed E-state index contributed by atoms with van der Waals surface area (Å²) in [6.07, 6.45) is 1.86. The van der Waals surface area contributed by atoms with E-state index in [2.05, 4.69) is 11.6 Å². The monoisotopic (exact) mass is 408 g/mol. The van der Waals surface area contributed by atoms with Crippen LogP contribution in [0.5, 0.6) is 17.4 Å². The Kier molecular flexibility index (Phi) is 7.10. The van der Waals surface area contributed by atoms with E-state index in [4.69, 9.17) is 14.2 Å². The molecule has 0 unspecified atom stereocenters. The molecule has 152 valence electrons. The molecular weight excluding hydrogens is 384 g/mol. The molecule has 1 N–H and O–H groups in total. The first-order valence-corrected chi connectivity index (χ1v) is 8.85. The SMILES string of the molecule is C=Cc1ccc2nc(OCC)c(OC)c(O[C@@H]3C[C@@H](C(=O)O)N(C)C3)c2c1.Cl. The highest BCUT2D eigenvalue weighted by molar-refractivity contribution is 5.90. The number of methoxy groups -OCH3 is 1. The number of halogens is 1. The van der Waals surface area contributed by atoms with Crippen LogP contribution in [0.15, 0.2) is 24.8 Å². The molecule has 0 aliphatic carbocycles. The Morgan fingerprint density at radius 3 is 2.75 bits per heavy atom. The fraction of sp³-hybridized carbons (Fsp3) is 0.400. The normalized spacial score (nSPS) is 19.1. The molecule has 0 bridgehead atoms. The highest BCUT2D eigenvalue weighted by atomic mass is 35.5. The molecule has 7 nitrogen and oxygen atoms in total. The molecule has 1 aromatic heterocycles. The molecule has 0 radical (unpaired) electrons. The van der Waals surface area contributed by atoms with Crippen molar-refractivity contribution in [1.29, 1.82) is 0 Å². The van der Waals surface area contributed by atoms with E-state index in [1.165, 1.54) is 7.11 Å². The molecule has 3 rings (SSSR count). The van der Waals surface area contributed by atoms with Crippen molar-refractivity contribution >= 4 is 35.4 Å². The van der Waals surface area contributed by atoms with Crippen molar-refractivity contribution in [3.63, 3.8) is 0 Å². The zero-order chi connectivity index (χ0) is 19.6. The number of fused-ring (bicyclic) bond motifs is 1. The van der Waals surface area contributed by atoms with Gasteiger partial charge in [0.2, 0.25) is 5.75 Å². The molecule has 2 heterocycles. The summed E-state index contributed by atoms with van der Waals surface area (Å²) in [6, 6.07) is 5.15. The number of hydrogen-bond donors (Lipinski definition) is 1. The van der Waals surface area contributed by atoms with E-state index in [1.54, 1.807) is 18.0 Å². The molecule has 1 aliphatic heterocycles. The van der Waals surface area contributed by atoms with Gasteiger partial charge in [0.1, 0.15) is 12.1 Å². The topological polar surface area (TPSA) is 81.1 Å². The summed E-state index contributed by atoms with van der Waals surface area (Å²) in [6.45, 7) is 6.63. The lowest BCUT2D eigenvalue weighted by molar-refractivity contribution is -0.141. The molecule has 0 amide bonds. The Bertz CT molecular complexity index is 873. The first kappa shape index (κ1) is 21.8. The lowest BCUT2D eigenvalue weighted by Crippen LogP contribution is -2.32.